The van der Waals surface area contributed by atoms with Gasteiger partial charge < -0.3 is 24.8 Å². The molecule has 2 nitrogen and oxygen atoms in total. The van der Waals surface area contributed by atoms with Crippen LogP contribution in [0.2, 0.25) is 0 Å². The average Bonchev–Trinajstić information content (AvgIpc) is 2.45. The third kappa shape index (κ3) is 4.92. The van der Waals surface area contributed by atoms with Crippen LogP contribution in [0, 0.1) is 0 Å². The molecule has 5 heteroatoms. The van der Waals surface area contributed by atoms with Crippen LogP contribution in [0.15, 0.2) is 42.5 Å². The summed E-state index contributed by atoms with van der Waals surface area (Å²) in [6.07, 6.45) is 0. The standard InChI is InChI=1S/C17H20O2.2ClH.Ti/c1-17(2,3)13-9-12(10-14(11-13)19-4)15-7-5-6-8-16(15)18;;;/h5-11,18H,1-4H3;2*1H;/q;;;+3/p-3. The van der Waals surface area contributed by atoms with Crippen molar-refractivity contribution in [1.82, 2.24) is 0 Å². The molecule has 0 fully saturated rings. The molecule has 0 aromatic heterocycles. The number of halogens is 2. The quantitative estimate of drug-likeness (QED) is 0.610. The summed E-state index contributed by atoms with van der Waals surface area (Å²) in [6, 6.07) is 14.4. The molecule has 0 unspecified atom stereocenters. The van der Waals surface area contributed by atoms with Crippen LogP contribution in [0.25, 0.3) is 11.1 Å². The molecule has 2 aromatic carbocycles. The molecule has 0 aliphatic carbocycles. The normalized spacial score (nSPS) is 10.3. The van der Waals surface area contributed by atoms with Crippen molar-refractivity contribution in [3.8, 4) is 22.6 Å². The molecule has 0 amide bonds. The van der Waals surface area contributed by atoms with E-state index in [1.54, 1.807) is 27.9 Å². The van der Waals surface area contributed by atoms with E-state index in [4.69, 9.17) is 8.06 Å². The summed E-state index contributed by atoms with van der Waals surface area (Å²) in [6.45, 7) is 6.61. The second-order valence-corrected chi connectivity index (χ2v) is 6.12. The van der Waals surface area contributed by atoms with E-state index in [0.29, 0.717) is 0 Å². The van der Waals surface area contributed by atoms with E-state index in [-0.39, 0.29) is 30.2 Å². The second kappa shape index (κ2) is 8.83. The number of methoxy groups -OCH3 is 1. The van der Waals surface area contributed by atoms with Crippen LogP contribution in [0.4, 0.5) is 0 Å². The summed E-state index contributed by atoms with van der Waals surface area (Å²) in [5.41, 5.74) is 3.52. The van der Waals surface area contributed by atoms with Crippen molar-refractivity contribution in [3.05, 3.63) is 48.0 Å². The fourth-order valence-corrected chi connectivity index (χ4v) is 2.38. The Morgan fingerprint density at radius 2 is 1.59 bits per heavy atom. The Morgan fingerprint density at radius 3 is 2.14 bits per heavy atom. The maximum Gasteiger partial charge on any atom is -1.00 e. The first-order valence-electron chi connectivity index (χ1n) is 6.58. The second-order valence-electron chi connectivity index (χ2n) is 5.80. The molecule has 22 heavy (non-hydrogen) atoms. The summed E-state index contributed by atoms with van der Waals surface area (Å²) < 4.78 is 10.9. The number of rotatable bonds is 3. The van der Waals surface area contributed by atoms with Crippen molar-refractivity contribution < 1.29 is 53.7 Å². The summed E-state index contributed by atoms with van der Waals surface area (Å²) in [7, 11) is 1.70. The third-order valence-electron chi connectivity index (χ3n) is 3.32. The molecule has 0 aliphatic heterocycles. The monoisotopic (exact) mass is 373 g/mol. The van der Waals surface area contributed by atoms with Gasteiger partial charge in [-0.1, -0.05) is 0 Å². The van der Waals surface area contributed by atoms with Gasteiger partial charge in [-0.05, 0) is 0 Å². The van der Waals surface area contributed by atoms with Gasteiger partial charge in [0.2, 0.25) is 0 Å². The number of para-hydroxylation sites is 1. The Kier molecular flexibility index (Phi) is 8.57. The molecular formula is C17H19Cl2O2Ti. The van der Waals surface area contributed by atoms with Gasteiger partial charge in [0, 0.05) is 0 Å². The number of hydrogen-bond donors (Lipinski definition) is 0. The van der Waals surface area contributed by atoms with Crippen molar-refractivity contribution in [2.75, 3.05) is 7.11 Å². The summed E-state index contributed by atoms with van der Waals surface area (Å²) in [5.74, 6) is 1.75. The van der Waals surface area contributed by atoms with Crippen LogP contribution in [0.5, 0.6) is 11.5 Å². The Morgan fingerprint density at radius 1 is 0.955 bits per heavy atom. The largest absolute Gasteiger partial charge is 1.00 e. The molecule has 0 bridgehead atoms. The zero-order valence-corrected chi connectivity index (χ0v) is 16.2. The van der Waals surface area contributed by atoms with Gasteiger partial charge >= 0.3 is 133 Å². The molecule has 0 atom stereocenters. The van der Waals surface area contributed by atoms with Crippen LogP contribution in [-0.2, 0) is 26.2 Å². The van der Waals surface area contributed by atoms with Crippen LogP contribution in [0.3, 0.4) is 0 Å². The molecule has 2 aromatic rings. The van der Waals surface area contributed by atoms with Crippen molar-refractivity contribution in [3.63, 3.8) is 0 Å². The molecule has 117 valence electrons. The first-order chi connectivity index (χ1) is 9.45. The van der Waals surface area contributed by atoms with E-state index in [0.717, 1.165) is 22.6 Å². The fourth-order valence-electron chi connectivity index (χ4n) is 2.10. The predicted octanol–water partition coefficient (Wildman–Crippen LogP) is -1.49. The van der Waals surface area contributed by atoms with Crippen molar-refractivity contribution >= 4 is 0 Å². The minimum absolute atomic E-state index is 0. The van der Waals surface area contributed by atoms with Gasteiger partial charge in [0.15, 0.2) is 0 Å². The van der Waals surface area contributed by atoms with E-state index in [9.17, 15) is 0 Å². The van der Waals surface area contributed by atoms with Crippen LogP contribution in [0.1, 0.15) is 26.3 Å². The molecule has 2 rings (SSSR count). The van der Waals surface area contributed by atoms with Crippen molar-refractivity contribution in [1.29, 1.82) is 0 Å². The average molecular weight is 374 g/mol. The Labute approximate surface area is 157 Å². The molecule has 0 spiro atoms. The molecule has 0 heterocycles. The summed E-state index contributed by atoms with van der Waals surface area (Å²) in [5, 5.41) is 0. The molecule has 0 N–H and O–H groups in total. The van der Waals surface area contributed by atoms with Gasteiger partial charge in [0.1, 0.15) is 0 Å². The third-order valence-corrected chi connectivity index (χ3v) is 3.66. The van der Waals surface area contributed by atoms with Gasteiger partial charge in [-0.3, -0.25) is 0 Å². The molecule has 0 saturated carbocycles. The van der Waals surface area contributed by atoms with E-state index < -0.39 is 0 Å². The smallest absolute Gasteiger partial charge is 1.00 e. The van der Waals surface area contributed by atoms with Gasteiger partial charge in [-0.25, -0.2) is 0 Å². The molecule has 0 radical (unpaired) electrons. The number of hydrogen-bond acceptors (Lipinski definition) is 2. The Bertz CT molecular complexity index is 610. The van der Waals surface area contributed by atoms with Crippen LogP contribution < -0.4 is 32.9 Å². The molecule has 0 aliphatic rings. The van der Waals surface area contributed by atoms with E-state index in [2.05, 4.69) is 39.0 Å². The van der Waals surface area contributed by atoms with Gasteiger partial charge in [0.25, 0.3) is 0 Å². The van der Waals surface area contributed by atoms with Gasteiger partial charge in [0.05, 0.1) is 0 Å². The van der Waals surface area contributed by atoms with Crippen molar-refractivity contribution in [2.45, 2.75) is 26.2 Å². The van der Waals surface area contributed by atoms with E-state index in [1.165, 1.54) is 5.56 Å². The first kappa shape index (κ1) is 21.3. The summed E-state index contributed by atoms with van der Waals surface area (Å²) >= 11 is 1.70. The number of ether oxygens (including phenoxy) is 1. The van der Waals surface area contributed by atoms with Crippen LogP contribution in [-0.4, -0.2) is 7.11 Å². The van der Waals surface area contributed by atoms with Crippen LogP contribution >= 0.6 is 0 Å². The Hall–Kier alpha value is -0.666. The molecular weight excluding hydrogens is 355 g/mol. The first-order valence-corrected chi connectivity index (χ1v) is 7.22. The number of benzene rings is 2. The van der Waals surface area contributed by atoms with Crippen molar-refractivity contribution in [2.24, 2.45) is 0 Å². The minimum atomic E-state index is 0. The maximum atomic E-state index is 5.46. The van der Waals surface area contributed by atoms with E-state index >= 15 is 0 Å². The fraction of sp³-hybridized carbons (Fsp3) is 0.294. The minimum Gasteiger partial charge on any atom is -1.00 e. The summed E-state index contributed by atoms with van der Waals surface area (Å²) in [4.78, 5) is 0. The Balaban J connectivity index is 0.00000220. The van der Waals surface area contributed by atoms with Gasteiger partial charge in [-0.15, -0.1) is 0 Å². The maximum absolute atomic E-state index is 5.46. The predicted molar refractivity (Wildman–Crippen MR) is 77.8 cm³/mol. The molecule has 0 saturated heterocycles. The van der Waals surface area contributed by atoms with Gasteiger partial charge in [-0.2, -0.15) is 0 Å². The zero-order valence-electron chi connectivity index (χ0n) is 13.1. The van der Waals surface area contributed by atoms with E-state index in [1.807, 2.05) is 24.3 Å². The zero-order chi connectivity index (χ0) is 14.8. The topological polar surface area (TPSA) is 18.5 Å². The SMILES string of the molecule is COc1cc(-c2ccccc2[O][Ti+2])cc(C(C)(C)C)c1.[Cl-].[Cl-].